The SMILES string of the molecule is C/C=C(/c1ccc(Nc2ccccc2-c2ccccc2)cc1)c1oc2ccccc2c1C. The molecule has 32 heavy (non-hydrogen) atoms. The Morgan fingerprint density at radius 2 is 1.44 bits per heavy atom. The van der Waals surface area contributed by atoms with Crippen LogP contribution in [0.2, 0.25) is 0 Å². The quantitative estimate of drug-likeness (QED) is 0.311. The van der Waals surface area contributed by atoms with Crippen LogP contribution in [0.1, 0.15) is 23.8 Å². The molecular formula is C30H25NO. The van der Waals surface area contributed by atoms with E-state index >= 15 is 0 Å². The van der Waals surface area contributed by atoms with Crippen LogP contribution in [0, 0.1) is 6.92 Å². The minimum atomic E-state index is 0.926. The largest absolute Gasteiger partial charge is 0.456 e. The summed E-state index contributed by atoms with van der Waals surface area (Å²) < 4.78 is 6.21. The van der Waals surface area contributed by atoms with Gasteiger partial charge in [0, 0.05) is 33.5 Å². The van der Waals surface area contributed by atoms with Gasteiger partial charge in [-0.15, -0.1) is 0 Å². The second-order valence-electron chi connectivity index (χ2n) is 7.87. The molecule has 0 saturated heterocycles. The molecule has 156 valence electrons. The van der Waals surface area contributed by atoms with Crippen LogP contribution >= 0.6 is 0 Å². The van der Waals surface area contributed by atoms with Crippen LogP contribution in [0.3, 0.4) is 0 Å². The number of allylic oxidation sites excluding steroid dienone is 1. The first kappa shape index (κ1) is 19.9. The minimum absolute atomic E-state index is 0.926. The molecule has 0 saturated carbocycles. The second-order valence-corrected chi connectivity index (χ2v) is 7.87. The van der Waals surface area contributed by atoms with E-state index in [9.17, 15) is 0 Å². The van der Waals surface area contributed by atoms with Gasteiger partial charge >= 0.3 is 0 Å². The van der Waals surface area contributed by atoms with Gasteiger partial charge in [0.1, 0.15) is 11.3 Å². The lowest BCUT2D eigenvalue weighted by molar-refractivity contribution is 0.597. The zero-order valence-electron chi connectivity index (χ0n) is 18.3. The van der Waals surface area contributed by atoms with Crippen LogP contribution in [0.25, 0.3) is 27.7 Å². The average molecular weight is 416 g/mol. The molecule has 0 spiro atoms. The summed E-state index contributed by atoms with van der Waals surface area (Å²) in [6.45, 7) is 4.19. The normalized spacial score (nSPS) is 11.6. The highest BCUT2D eigenvalue weighted by Crippen LogP contribution is 2.35. The Bertz CT molecular complexity index is 1390. The molecule has 0 bridgehead atoms. The van der Waals surface area contributed by atoms with Gasteiger partial charge in [-0.3, -0.25) is 0 Å². The molecule has 0 atom stereocenters. The number of hydrogen-bond acceptors (Lipinski definition) is 2. The fraction of sp³-hybridized carbons (Fsp3) is 0.0667. The maximum atomic E-state index is 6.21. The Hall–Kier alpha value is -4.04. The van der Waals surface area contributed by atoms with Crippen LogP contribution in [0.5, 0.6) is 0 Å². The molecule has 0 radical (unpaired) electrons. The summed E-state index contributed by atoms with van der Waals surface area (Å²) in [4.78, 5) is 0. The summed E-state index contributed by atoms with van der Waals surface area (Å²) in [7, 11) is 0. The fourth-order valence-electron chi connectivity index (χ4n) is 4.21. The van der Waals surface area contributed by atoms with Gasteiger partial charge in [-0.2, -0.15) is 0 Å². The van der Waals surface area contributed by atoms with Crippen molar-refractivity contribution < 1.29 is 4.42 Å². The van der Waals surface area contributed by atoms with E-state index in [1.807, 2.05) is 18.2 Å². The summed E-state index contributed by atoms with van der Waals surface area (Å²) in [5.74, 6) is 0.934. The van der Waals surface area contributed by atoms with Gasteiger partial charge in [-0.25, -0.2) is 0 Å². The van der Waals surface area contributed by atoms with E-state index in [-0.39, 0.29) is 0 Å². The number of benzene rings is 4. The third kappa shape index (κ3) is 3.72. The molecule has 1 N–H and O–H groups in total. The molecule has 4 aromatic carbocycles. The predicted molar refractivity (Wildman–Crippen MR) is 135 cm³/mol. The molecule has 0 aliphatic heterocycles. The Morgan fingerprint density at radius 1 is 0.750 bits per heavy atom. The zero-order valence-corrected chi connectivity index (χ0v) is 18.3. The smallest absolute Gasteiger partial charge is 0.138 e. The molecule has 2 heteroatoms. The lowest BCUT2D eigenvalue weighted by Crippen LogP contribution is -1.94. The van der Waals surface area contributed by atoms with E-state index in [0.29, 0.717) is 0 Å². The number of aryl methyl sites for hydroxylation is 1. The first-order chi connectivity index (χ1) is 15.7. The number of hydrogen-bond donors (Lipinski definition) is 1. The standard InChI is InChI=1S/C30H25NO/c1-3-25(30-21(2)26-13-8-10-16-29(26)32-30)23-17-19-24(20-18-23)31-28-15-9-7-14-27(28)22-11-5-4-6-12-22/h3-20,31H,1-2H3/b25-3-. The number of nitrogens with one attached hydrogen (secondary N) is 1. The fourth-order valence-corrected chi connectivity index (χ4v) is 4.21. The van der Waals surface area contributed by atoms with Crippen molar-refractivity contribution in [3.63, 3.8) is 0 Å². The first-order valence-electron chi connectivity index (χ1n) is 10.9. The number of rotatable bonds is 5. The van der Waals surface area contributed by atoms with Crippen molar-refractivity contribution in [3.05, 3.63) is 126 Å². The second kappa shape index (κ2) is 8.60. The summed E-state index contributed by atoms with van der Waals surface area (Å²) in [5, 5.41) is 4.75. The molecule has 1 heterocycles. The Labute approximate surface area is 188 Å². The van der Waals surface area contributed by atoms with Crippen LogP contribution in [-0.2, 0) is 0 Å². The van der Waals surface area contributed by atoms with Gasteiger partial charge < -0.3 is 9.73 Å². The van der Waals surface area contributed by atoms with Gasteiger partial charge in [0.25, 0.3) is 0 Å². The van der Waals surface area contributed by atoms with E-state index in [0.717, 1.165) is 39.2 Å². The summed E-state index contributed by atoms with van der Waals surface area (Å²) in [6.07, 6.45) is 2.12. The van der Waals surface area contributed by atoms with Crippen LogP contribution in [-0.4, -0.2) is 0 Å². The average Bonchev–Trinajstić information content (AvgIpc) is 3.18. The lowest BCUT2D eigenvalue weighted by Gasteiger charge is -2.13. The van der Waals surface area contributed by atoms with Crippen molar-refractivity contribution in [1.29, 1.82) is 0 Å². The van der Waals surface area contributed by atoms with Gasteiger partial charge in [0.05, 0.1) is 0 Å². The highest BCUT2D eigenvalue weighted by Gasteiger charge is 2.15. The van der Waals surface area contributed by atoms with E-state index in [1.165, 1.54) is 16.7 Å². The molecule has 0 aliphatic carbocycles. The molecule has 1 aromatic heterocycles. The zero-order chi connectivity index (χ0) is 21.9. The van der Waals surface area contributed by atoms with Crippen LogP contribution in [0.4, 0.5) is 11.4 Å². The van der Waals surface area contributed by atoms with Gasteiger partial charge in [-0.05, 0) is 49.2 Å². The first-order valence-corrected chi connectivity index (χ1v) is 10.9. The van der Waals surface area contributed by atoms with Crippen molar-refractivity contribution in [3.8, 4) is 11.1 Å². The van der Waals surface area contributed by atoms with Crippen molar-refractivity contribution in [1.82, 2.24) is 0 Å². The van der Waals surface area contributed by atoms with E-state index in [2.05, 4.69) is 110 Å². The molecule has 0 aliphatic rings. The van der Waals surface area contributed by atoms with Gasteiger partial charge in [-0.1, -0.05) is 84.9 Å². The molecular weight excluding hydrogens is 390 g/mol. The number of anilines is 2. The summed E-state index contributed by atoms with van der Waals surface area (Å²) >= 11 is 0. The number of furan rings is 1. The molecule has 5 rings (SSSR count). The monoisotopic (exact) mass is 415 g/mol. The van der Waals surface area contributed by atoms with E-state index in [4.69, 9.17) is 4.42 Å². The maximum Gasteiger partial charge on any atom is 0.138 e. The highest BCUT2D eigenvalue weighted by atomic mass is 16.3. The molecule has 0 fully saturated rings. The molecule has 2 nitrogen and oxygen atoms in total. The van der Waals surface area contributed by atoms with Crippen molar-refractivity contribution in [2.75, 3.05) is 5.32 Å². The lowest BCUT2D eigenvalue weighted by atomic mass is 9.99. The Balaban J connectivity index is 1.44. The number of para-hydroxylation sites is 2. The van der Waals surface area contributed by atoms with Crippen molar-refractivity contribution >= 4 is 27.9 Å². The van der Waals surface area contributed by atoms with Crippen molar-refractivity contribution in [2.45, 2.75) is 13.8 Å². The van der Waals surface area contributed by atoms with Gasteiger partial charge in [0.15, 0.2) is 0 Å². The third-order valence-electron chi connectivity index (χ3n) is 5.86. The van der Waals surface area contributed by atoms with E-state index in [1.54, 1.807) is 0 Å². The van der Waals surface area contributed by atoms with Crippen molar-refractivity contribution in [2.24, 2.45) is 0 Å². The van der Waals surface area contributed by atoms with Gasteiger partial charge in [0.2, 0.25) is 0 Å². The molecule has 0 amide bonds. The molecule has 5 aromatic rings. The third-order valence-corrected chi connectivity index (χ3v) is 5.86. The van der Waals surface area contributed by atoms with Crippen LogP contribution < -0.4 is 5.32 Å². The number of fused-ring (bicyclic) bond motifs is 1. The minimum Gasteiger partial charge on any atom is -0.456 e. The Morgan fingerprint density at radius 3 is 2.19 bits per heavy atom. The maximum absolute atomic E-state index is 6.21. The van der Waals surface area contributed by atoms with Crippen LogP contribution in [0.15, 0.2) is 114 Å². The summed E-state index contributed by atoms with van der Waals surface area (Å²) in [6, 6.07) is 35.6. The molecule has 0 unspecified atom stereocenters. The topological polar surface area (TPSA) is 25.2 Å². The predicted octanol–water partition coefficient (Wildman–Crippen LogP) is 8.60. The van der Waals surface area contributed by atoms with E-state index < -0.39 is 0 Å². The highest BCUT2D eigenvalue weighted by molar-refractivity contribution is 5.90. The Kier molecular flexibility index (Phi) is 5.35. The summed E-state index contributed by atoms with van der Waals surface area (Å²) in [5.41, 5.74) is 8.86.